The molecule has 1 saturated carbocycles. The molecule has 0 amide bonds. The lowest BCUT2D eigenvalue weighted by molar-refractivity contribution is -0.133. The predicted octanol–water partition coefficient (Wildman–Crippen LogP) is 2.29. The van der Waals surface area contributed by atoms with E-state index in [-0.39, 0.29) is 5.75 Å². The molecule has 1 aromatic rings. The van der Waals surface area contributed by atoms with Crippen molar-refractivity contribution in [2.75, 3.05) is 5.75 Å². The van der Waals surface area contributed by atoms with Gasteiger partial charge in [0.15, 0.2) is 5.16 Å². The highest BCUT2D eigenvalue weighted by Crippen LogP contribution is 2.35. The van der Waals surface area contributed by atoms with Crippen LogP contribution in [0.5, 0.6) is 0 Å². The fourth-order valence-electron chi connectivity index (χ4n) is 2.45. The van der Waals surface area contributed by atoms with Crippen molar-refractivity contribution in [2.24, 2.45) is 13.0 Å². The first-order chi connectivity index (χ1) is 8.58. The van der Waals surface area contributed by atoms with Gasteiger partial charge < -0.3 is 9.67 Å². The lowest BCUT2D eigenvalue weighted by Gasteiger charge is -2.25. The van der Waals surface area contributed by atoms with E-state index in [4.69, 9.17) is 5.11 Å². The van der Waals surface area contributed by atoms with E-state index in [0.29, 0.717) is 11.1 Å². The fourth-order valence-corrected chi connectivity index (χ4v) is 3.09. The van der Waals surface area contributed by atoms with Crippen molar-refractivity contribution in [3.63, 3.8) is 0 Å². The van der Waals surface area contributed by atoms with Gasteiger partial charge in [0.05, 0.1) is 5.75 Å². The van der Waals surface area contributed by atoms with Gasteiger partial charge in [-0.1, -0.05) is 31.5 Å². The maximum absolute atomic E-state index is 10.6. The van der Waals surface area contributed by atoms with E-state index < -0.39 is 5.97 Å². The SMILES string of the molecule is CC1CCC(c2nnc(SCC(=O)O)n2C)CC1. The molecule has 1 aromatic heterocycles. The maximum atomic E-state index is 10.6. The third-order valence-electron chi connectivity index (χ3n) is 3.57. The van der Waals surface area contributed by atoms with Crippen LogP contribution in [0.3, 0.4) is 0 Å². The Morgan fingerprint density at radius 1 is 1.39 bits per heavy atom. The van der Waals surface area contributed by atoms with E-state index in [2.05, 4.69) is 17.1 Å². The summed E-state index contributed by atoms with van der Waals surface area (Å²) in [4.78, 5) is 10.6. The highest BCUT2D eigenvalue weighted by atomic mass is 32.2. The highest BCUT2D eigenvalue weighted by molar-refractivity contribution is 7.99. The third kappa shape index (κ3) is 3.04. The van der Waals surface area contributed by atoms with Crippen molar-refractivity contribution < 1.29 is 9.90 Å². The second-order valence-electron chi connectivity index (χ2n) is 5.04. The first kappa shape index (κ1) is 13.4. The Morgan fingerprint density at radius 2 is 2.06 bits per heavy atom. The lowest BCUT2D eigenvalue weighted by atomic mass is 9.82. The first-order valence-corrected chi connectivity index (χ1v) is 7.30. The zero-order chi connectivity index (χ0) is 13.1. The van der Waals surface area contributed by atoms with E-state index >= 15 is 0 Å². The maximum Gasteiger partial charge on any atom is 0.313 e. The van der Waals surface area contributed by atoms with Crippen LogP contribution in [0, 0.1) is 5.92 Å². The quantitative estimate of drug-likeness (QED) is 0.849. The number of thioether (sulfide) groups is 1. The molecule has 1 aliphatic carbocycles. The van der Waals surface area contributed by atoms with Gasteiger partial charge in [-0.25, -0.2) is 0 Å². The Kier molecular flexibility index (Phi) is 4.27. The van der Waals surface area contributed by atoms with Crippen LogP contribution in [-0.2, 0) is 11.8 Å². The fraction of sp³-hybridized carbons (Fsp3) is 0.750. The molecule has 18 heavy (non-hydrogen) atoms. The molecule has 6 heteroatoms. The van der Waals surface area contributed by atoms with Gasteiger partial charge in [0.1, 0.15) is 5.82 Å². The number of aliphatic carboxylic acids is 1. The minimum Gasteiger partial charge on any atom is -0.481 e. The van der Waals surface area contributed by atoms with Crippen molar-refractivity contribution in [1.29, 1.82) is 0 Å². The zero-order valence-electron chi connectivity index (χ0n) is 10.8. The average Bonchev–Trinajstić information content (AvgIpc) is 2.69. The number of carboxylic acids is 1. The van der Waals surface area contributed by atoms with Crippen molar-refractivity contribution in [3.05, 3.63) is 5.82 Å². The van der Waals surface area contributed by atoms with Crippen LogP contribution in [0.15, 0.2) is 5.16 Å². The average molecular weight is 269 g/mol. The van der Waals surface area contributed by atoms with Gasteiger partial charge >= 0.3 is 5.97 Å². The predicted molar refractivity (Wildman–Crippen MR) is 69.7 cm³/mol. The van der Waals surface area contributed by atoms with Gasteiger partial charge in [-0.15, -0.1) is 10.2 Å². The Labute approximate surface area is 111 Å². The van der Waals surface area contributed by atoms with Gasteiger partial charge in [0.2, 0.25) is 0 Å². The summed E-state index contributed by atoms with van der Waals surface area (Å²) in [6, 6.07) is 0. The first-order valence-electron chi connectivity index (χ1n) is 6.31. The van der Waals surface area contributed by atoms with E-state index in [9.17, 15) is 4.79 Å². The number of nitrogens with zero attached hydrogens (tertiary/aromatic N) is 3. The molecule has 0 bridgehead atoms. The summed E-state index contributed by atoms with van der Waals surface area (Å²) in [5, 5.41) is 17.7. The van der Waals surface area contributed by atoms with Gasteiger partial charge in [-0.05, 0) is 18.8 Å². The van der Waals surface area contributed by atoms with Crippen LogP contribution in [0.2, 0.25) is 0 Å². The zero-order valence-corrected chi connectivity index (χ0v) is 11.6. The monoisotopic (exact) mass is 269 g/mol. The summed E-state index contributed by atoms with van der Waals surface area (Å²) in [6.45, 7) is 2.29. The summed E-state index contributed by atoms with van der Waals surface area (Å²) < 4.78 is 1.95. The number of carbonyl (C=O) groups is 1. The van der Waals surface area contributed by atoms with Crippen LogP contribution in [-0.4, -0.2) is 31.6 Å². The molecular weight excluding hydrogens is 250 g/mol. The van der Waals surface area contributed by atoms with Crippen molar-refractivity contribution in [3.8, 4) is 0 Å². The molecule has 0 saturated heterocycles. The lowest BCUT2D eigenvalue weighted by Crippen LogP contribution is -2.14. The summed E-state index contributed by atoms with van der Waals surface area (Å²) >= 11 is 1.23. The van der Waals surface area contributed by atoms with E-state index in [1.807, 2.05) is 11.6 Å². The van der Waals surface area contributed by atoms with Crippen LogP contribution >= 0.6 is 11.8 Å². The van der Waals surface area contributed by atoms with E-state index in [1.54, 1.807) is 0 Å². The van der Waals surface area contributed by atoms with Gasteiger partial charge in [-0.3, -0.25) is 4.79 Å². The van der Waals surface area contributed by atoms with Crippen LogP contribution in [0.1, 0.15) is 44.3 Å². The molecule has 1 fully saturated rings. The summed E-state index contributed by atoms with van der Waals surface area (Å²) in [6.07, 6.45) is 4.82. The molecule has 5 nitrogen and oxygen atoms in total. The standard InChI is InChI=1S/C12H19N3O2S/c1-8-3-5-9(6-4-8)11-13-14-12(15(11)2)18-7-10(16)17/h8-9H,3-7H2,1-2H3,(H,16,17). The van der Waals surface area contributed by atoms with Crippen LogP contribution < -0.4 is 0 Å². The van der Waals surface area contributed by atoms with Crippen molar-refractivity contribution in [1.82, 2.24) is 14.8 Å². The minimum atomic E-state index is -0.823. The molecular formula is C12H19N3O2S. The molecule has 1 heterocycles. The number of carboxylic acid groups (broad SMARTS) is 1. The Hall–Kier alpha value is -1.04. The number of rotatable bonds is 4. The third-order valence-corrected chi connectivity index (χ3v) is 4.58. The molecule has 1 aliphatic rings. The summed E-state index contributed by atoms with van der Waals surface area (Å²) in [5.41, 5.74) is 0. The van der Waals surface area contributed by atoms with E-state index in [1.165, 1.54) is 24.6 Å². The molecule has 1 N–H and O–H groups in total. The minimum absolute atomic E-state index is 0.0354. The Morgan fingerprint density at radius 3 is 2.67 bits per heavy atom. The summed E-state index contributed by atoms with van der Waals surface area (Å²) in [7, 11) is 1.93. The number of hydrogen-bond acceptors (Lipinski definition) is 4. The molecule has 0 unspecified atom stereocenters. The molecule has 100 valence electrons. The highest BCUT2D eigenvalue weighted by Gasteiger charge is 2.24. The number of hydrogen-bond donors (Lipinski definition) is 1. The van der Waals surface area contributed by atoms with Gasteiger partial charge in [0, 0.05) is 13.0 Å². The van der Waals surface area contributed by atoms with Crippen molar-refractivity contribution in [2.45, 2.75) is 43.7 Å². The molecule has 0 atom stereocenters. The largest absolute Gasteiger partial charge is 0.481 e. The summed E-state index contributed by atoms with van der Waals surface area (Å²) in [5.74, 6) is 1.52. The topological polar surface area (TPSA) is 68.0 Å². The molecule has 0 radical (unpaired) electrons. The normalized spacial score (nSPS) is 24.1. The van der Waals surface area contributed by atoms with Crippen LogP contribution in [0.25, 0.3) is 0 Å². The van der Waals surface area contributed by atoms with Gasteiger partial charge in [-0.2, -0.15) is 0 Å². The Bertz CT molecular complexity index is 425. The molecule has 0 spiro atoms. The second-order valence-corrected chi connectivity index (χ2v) is 5.98. The second kappa shape index (κ2) is 5.73. The molecule has 2 rings (SSSR count). The number of aromatic nitrogens is 3. The van der Waals surface area contributed by atoms with Crippen molar-refractivity contribution >= 4 is 17.7 Å². The van der Waals surface area contributed by atoms with Gasteiger partial charge in [0.25, 0.3) is 0 Å². The smallest absolute Gasteiger partial charge is 0.313 e. The Balaban J connectivity index is 2.03. The molecule has 0 aromatic carbocycles. The van der Waals surface area contributed by atoms with Crippen LogP contribution in [0.4, 0.5) is 0 Å². The molecule has 0 aliphatic heterocycles. The van der Waals surface area contributed by atoms with E-state index in [0.717, 1.165) is 24.6 Å².